The van der Waals surface area contributed by atoms with Crippen molar-refractivity contribution in [3.05, 3.63) is 224 Å². The molecule has 272 valence electrons. The van der Waals surface area contributed by atoms with Crippen LogP contribution < -0.4 is 4.90 Å². The lowest BCUT2D eigenvalue weighted by Gasteiger charge is -2.29. The Morgan fingerprint density at radius 3 is 1.78 bits per heavy atom. The summed E-state index contributed by atoms with van der Waals surface area (Å²) >= 11 is 0. The van der Waals surface area contributed by atoms with Crippen LogP contribution in [0, 0.1) is 0 Å². The number of benzene rings is 10. The lowest BCUT2D eigenvalue weighted by Crippen LogP contribution is -2.12. The van der Waals surface area contributed by atoms with Crippen molar-refractivity contribution in [3.63, 3.8) is 0 Å². The van der Waals surface area contributed by atoms with Gasteiger partial charge in [0.2, 0.25) is 0 Å². The average Bonchev–Trinajstić information content (AvgIpc) is 3.69. The Balaban J connectivity index is 1.11. The second-order valence-electron chi connectivity index (χ2n) is 14.9. The zero-order valence-electron chi connectivity index (χ0n) is 31.7. The van der Waals surface area contributed by atoms with Crippen molar-refractivity contribution in [3.8, 4) is 44.5 Å². The molecule has 0 unspecified atom stereocenters. The van der Waals surface area contributed by atoms with E-state index in [1.807, 2.05) is 6.07 Å². The van der Waals surface area contributed by atoms with E-state index in [0.29, 0.717) is 0 Å². The Labute approximate surface area is 337 Å². The molecular formula is C56H37NO. The molecule has 2 heteroatoms. The van der Waals surface area contributed by atoms with Gasteiger partial charge in [0, 0.05) is 16.6 Å². The SMILES string of the molecule is c1ccc(-c2ccc(-c3ccc4ccccc4c3)cc2N(c2ccc(-c3cccc(-c4cccc5ccccc45)c3)cc2)c2cccc3oc4ccccc4c23)cc1. The van der Waals surface area contributed by atoms with E-state index in [1.165, 1.54) is 43.8 Å². The Morgan fingerprint density at radius 1 is 0.293 bits per heavy atom. The molecule has 11 aromatic rings. The van der Waals surface area contributed by atoms with E-state index >= 15 is 0 Å². The molecule has 0 atom stereocenters. The van der Waals surface area contributed by atoms with Gasteiger partial charge < -0.3 is 9.32 Å². The Hall–Kier alpha value is -7.68. The van der Waals surface area contributed by atoms with Crippen molar-refractivity contribution in [2.24, 2.45) is 0 Å². The van der Waals surface area contributed by atoms with Crippen LogP contribution in [-0.2, 0) is 0 Å². The largest absolute Gasteiger partial charge is 0.456 e. The van der Waals surface area contributed by atoms with Crippen LogP contribution in [0.3, 0.4) is 0 Å². The predicted octanol–water partition coefficient (Wildman–Crippen LogP) is 16.0. The van der Waals surface area contributed by atoms with Crippen LogP contribution in [0.25, 0.3) is 88.0 Å². The molecule has 0 aliphatic carbocycles. The number of furan rings is 1. The molecule has 0 saturated carbocycles. The summed E-state index contributed by atoms with van der Waals surface area (Å²) < 4.78 is 6.49. The summed E-state index contributed by atoms with van der Waals surface area (Å²) in [4.78, 5) is 2.42. The molecule has 1 heterocycles. The fraction of sp³-hybridized carbons (Fsp3) is 0. The fourth-order valence-corrected chi connectivity index (χ4v) is 8.62. The van der Waals surface area contributed by atoms with E-state index in [-0.39, 0.29) is 0 Å². The van der Waals surface area contributed by atoms with Gasteiger partial charge in [-0.2, -0.15) is 0 Å². The van der Waals surface area contributed by atoms with E-state index < -0.39 is 0 Å². The van der Waals surface area contributed by atoms with Gasteiger partial charge in [-0.25, -0.2) is 0 Å². The van der Waals surface area contributed by atoms with Crippen molar-refractivity contribution >= 4 is 60.5 Å². The molecule has 0 saturated heterocycles. The number of nitrogens with zero attached hydrogens (tertiary/aromatic N) is 1. The van der Waals surface area contributed by atoms with Crippen LogP contribution in [0.5, 0.6) is 0 Å². The van der Waals surface area contributed by atoms with Crippen LogP contribution in [-0.4, -0.2) is 0 Å². The van der Waals surface area contributed by atoms with Crippen molar-refractivity contribution in [2.45, 2.75) is 0 Å². The number of hydrogen-bond acceptors (Lipinski definition) is 2. The summed E-state index contributed by atoms with van der Waals surface area (Å²) in [6, 6.07) is 80.8. The van der Waals surface area contributed by atoms with Crippen molar-refractivity contribution < 1.29 is 4.42 Å². The first kappa shape index (κ1) is 33.6. The highest BCUT2D eigenvalue weighted by Gasteiger charge is 2.23. The van der Waals surface area contributed by atoms with Crippen LogP contribution in [0.1, 0.15) is 0 Å². The molecule has 11 rings (SSSR count). The van der Waals surface area contributed by atoms with Crippen molar-refractivity contribution in [1.82, 2.24) is 0 Å². The minimum absolute atomic E-state index is 0.859. The average molecular weight is 740 g/mol. The van der Waals surface area contributed by atoms with E-state index in [0.717, 1.165) is 61.3 Å². The number of rotatable bonds is 7. The summed E-state index contributed by atoms with van der Waals surface area (Å²) in [6.45, 7) is 0. The number of hydrogen-bond donors (Lipinski definition) is 0. The lowest BCUT2D eigenvalue weighted by molar-refractivity contribution is 0.669. The van der Waals surface area contributed by atoms with Crippen LogP contribution in [0.2, 0.25) is 0 Å². The molecule has 58 heavy (non-hydrogen) atoms. The normalized spacial score (nSPS) is 11.4. The summed E-state index contributed by atoms with van der Waals surface area (Å²) in [5.74, 6) is 0. The molecule has 2 nitrogen and oxygen atoms in total. The first-order valence-corrected chi connectivity index (χ1v) is 19.8. The third-order valence-electron chi connectivity index (χ3n) is 11.4. The van der Waals surface area contributed by atoms with E-state index in [2.05, 4.69) is 223 Å². The highest BCUT2D eigenvalue weighted by atomic mass is 16.3. The van der Waals surface area contributed by atoms with Gasteiger partial charge in [-0.15, -0.1) is 0 Å². The monoisotopic (exact) mass is 739 g/mol. The van der Waals surface area contributed by atoms with Crippen molar-refractivity contribution in [2.75, 3.05) is 4.90 Å². The molecule has 0 N–H and O–H groups in total. The predicted molar refractivity (Wildman–Crippen MR) is 245 cm³/mol. The number of fused-ring (bicyclic) bond motifs is 5. The van der Waals surface area contributed by atoms with Crippen LogP contribution in [0.15, 0.2) is 229 Å². The van der Waals surface area contributed by atoms with Gasteiger partial charge in [0.1, 0.15) is 11.2 Å². The van der Waals surface area contributed by atoms with E-state index in [4.69, 9.17) is 4.42 Å². The number of anilines is 3. The quantitative estimate of drug-likeness (QED) is 0.162. The Morgan fingerprint density at radius 2 is 0.897 bits per heavy atom. The van der Waals surface area contributed by atoms with E-state index in [1.54, 1.807) is 0 Å². The fourth-order valence-electron chi connectivity index (χ4n) is 8.62. The maximum Gasteiger partial charge on any atom is 0.137 e. The third-order valence-corrected chi connectivity index (χ3v) is 11.4. The topological polar surface area (TPSA) is 16.4 Å². The molecule has 10 aromatic carbocycles. The van der Waals surface area contributed by atoms with Gasteiger partial charge in [0.25, 0.3) is 0 Å². The second kappa shape index (κ2) is 14.1. The van der Waals surface area contributed by atoms with Gasteiger partial charge in [-0.3, -0.25) is 0 Å². The van der Waals surface area contributed by atoms with Gasteiger partial charge in [0.05, 0.1) is 16.8 Å². The Bertz CT molecular complexity index is 3280. The van der Waals surface area contributed by atoms with E-state index in [9.17, 15) is 0 Å². The summed E-state index contributed by atoms with van der Waals surface area (Å²) in [5, 5.41) is 7.13. The smallest absolute Gasteiger partial charge is 0.137 e. The molecule has 0 bridgehead atoms. The highest BCUT2D eigenvalue weighted by molar-refractivity contribution is 6.14. The lowest BCUT2D eigenvalue weighted by atomic mass is 9.94. The highest BCUT2D eigenvalue weighted by Crippen LogP contribution is 2.47. The first-order chi connectivity index (χ1) is 28.7. The molecule has 1 aromatic heterocycles. The van der Waals surface area contributed by atoms with Gasteiger partial charge in [-0.05, 0) is 109 Å². The minimum Gasteiger partial charge on any atom is -0.456 e. The third kappa shape index (κ3) is 5.91. The summed E-state index contributed by atoms with van der Waals surface area (Å²) in [7, 11) is 0. The molecule has 0 radical (unpaired) electrons. The molecule has 0 amide bonds. The van der Waals surface area contributed by atoms with Gasteiger partial charge >= 0.3 is 0 Å². The first-order valence-electron chi connectivity index (χ1n) is 19.8. The van der Waals surface area contributed by atoms with Crippen LogP contribution >= 0.6 is 0 Å². The number of para-hydroxylation sites is 1. The zero-order chi connectivity index (χ0) is 38.4. The van der Waals surface area contributed by atoms with Gasteiger partial charge in [-0.1, -0.05) is 176 Å². The molecule has 0 aliphatic rings. The maximum absolute atomic E-state index is 6.49. The minimum atomic E-state index is 0.859. The van der Waals surface area contributed by atoms with Gasteiger partial charge in [0.15, 0.2) is 0 Å². The zero-order valence-corrected chi connectivity index (χ0v) is 31.7. The summed E-state index contributed by atoms with van der Waals surface area (Å²) in [5.41, 5.74) is 14.3. The molecule has 0 aliphatic heterocycles. The summed E-state index contributed by atoms with van der Waals surface area (Å²) in [6.07, 6.45) is 0. The molecular weight excluding hydrogens is 703 g/mol. The standard InChI is InChI=1S/C56H37NO/c1-2-14-41(15-3-1)50-34-31-45(44-28-27-38-13-4-5-17-42(38)35-44)37-53(50)57(52-24-12-26-55-56(52)51-22-8-9-25-54(51)58-55)47-32-29-39(30-33-47)43-19-10-20-46(36-43)49-23-11-18-40-16-6-7-21-48(40)49/h1-37H. The molecule has 0 spiro atoms. The maximum atomic E-state index is 6.49. The van der Waals surface area contributed by atoms with Crippen molar-refractivity contribution in [1.29, 1.82) is 0 Å². The van der Waals surface area contributed by atoms with Crippen LogP contribution in [0.4, 0.5) is 17.1 Å². The second-order valence-corrected chi connectivity index (χ2v) is 14.9. The molecule has 0 fully saturated rings. The Kier molecular flexibility index (Phi) is 8.19.